The lowest BCUT2D eigenvalue weighted by molar-refractivity contribution is -0.122. The van der Waals surface area contributed by atoms with Crippen LogP contribution in [-0.4, -0.2) is 17.1 Å². The van der Waals surface area contributed by atoms with Gasteiger partial charge in [0.05, 0.1) is 16.5 Å². The molecule has 0 aliphatic rings. The first-order valence-electron chi connectivity index (χ1n) is 6.93. The molecule has 0 spiro atoms. The molecule has 2 atom stereocenters. The number of rotatable bonds is 6. The Kier molecular flexibility index (Phi) is 5.94. The van der Waals surface area contributed by atoms with Gasteiger partial charge in [0.15, 0.2) is 0 Å². The first kappa shape index (κ1) is 16.9. The zero-order valence-corrected chi connectivity index (χ0v) is 13.6. The zero-order chi connectivity index (χ0) is 16.1. The molecule has 118 valence electrons. The highest BCUT2D eigenvalue weighted by atomic mass is 35.5. The van der Waals surface area contributed by atoms with Crippen molar-refractivity contribution < 1.29 is 14.3 Å². The smallest absolute Gasteiger partial charge is 0.220 e. The van der Waals surface area contributed by atoms with E-state index in [4.69, 9.17) is 11.6 Å². The first-order valence-corrected chi connectivity index (χ1v) is 8.12. The molecule has 1 aromatic carbocycles. The summed E-state index contributed by atoms with van der Waals surface area (Å²) in [6.45, 7) is 1.72. The largest absolute Gasteiger partial charge is 0.386 e. The van der Waals surface area contributed by atoms with E-state index in [1.165, 1.54) is 35.6 Å². The molecule has 2 aromatic rings. The van der Waals surface area contributed by atoms with Crippen molar-refractivity contribution in [2.24, 2.45) is 0 Å². The van der Waals surface area contributed by atoms with Crippen molar-refractivity contribution in [3.8, 4) is 0 Å². The summed E-state index contributed by atoms with van der Waals surface area (Å²) in [4.78, 5) is 13.0. The molecule has 0 fully saturated rings. The Bertz CT molecular complexity index is 629. The van der Waals surface area contributed by atoms with Crippen molar-refractivity contribution in [1.29, 1.82) is 0 Å². The molecule has 0 aliphatic heterocycles. The molecule has 6 heteroatoms. The summed E-state index contributed by atoms with van der Waals surface area (Å²) in [5.41, 5.74) is 0.569. The van der Waals surface area contributed by atoms with Gasteiger partial charge in [0, 0.05) is 11.3 Å². The number of thiophene rings is 1. The number of aryl methyl sites for hydroxylation is 1. The van der Waals surface area contributed by atoms with Gasteiger partial charge in [-0.15, -0.1) is 11.3 Å². The van der Waals surface area contributed by atoms with Crippen LogP contribution in [0.1, 0.15) is 29.9 Å². The fourth-order valence-electron chi connectivity index (χ4n) is 2.08. The summed E-state index contributed by atoms with van der Waals surface area (Å²) in [6, 6.07) is 8.84. The summed E-state index contributed by atoms with van der Waals surface area (Å²) in [6.07, 6.45) is 0.0700. The molecule has 0 bridgehead atoms. The first-order chi connectivity index (χ1) is 10.5. The minimum absolute atomic E-state index is 0.141. The SMILES string of the molecule is CC(NC(=O)CCc1ccc(Cl)s1)C(O)c1ccc(F)cc1. The molecule has 0 radical (unpaired) electrons. The highest BCUT2D eigenvalue weighted by molar-refractivity contribution is 7.16. The summed E-state index contributed by atoms with van der Waals surface area (Å²) >= 11 is 7.29. The van der Waals surface area contributed by atoms with Crippen LogP contribution in [0.25, 0.3) is 0 Å². The Balaban J connectivity index is 1.83. The molecular formula is C16H17ClFNO2S. The fourth-order valence-corrected chi connectivity index (χ4v) is 3.16. The van der Waals surface area contributed by atoms with E-state index in [-0.39, 0.29) is 11.7 Å². The van der Waals surface area contributed by atoms with E-state index in [1.807, 2.05) is 6.07 Å². The maximum Gasteiger partial charge on any atom is 0.220 e. The Hall–Kier alpha value is -1.43. The molecule has 0 aliphatic carbocycles. The number of hydrogen-bond acceptors (Lipinski definition) is 3. The molecule has 0 saturated carbocycles. The number of aliphatic hydroxyl groups excluding tert-OH is 1. The number of benzene rings is 1. The average Bonchev–Trinajstić information content (AvgIpc) is 2.91. The standard InChI is InChI=1S/C16H17ClFNO2S/c1-10(16(21)11-2-4-12(18)5-3-11)19-15(20)9-7-13-6-8-14(17)22-13/h2-6,8,10,16,21H,7,9H2,1H3,(H,19,20). The van der Waals surface area contributed by atoms with Crippen LogP contribution in [0.2, 0.25) is 4.34 Å². The molecule has 1 amide bonds. The second kappa shape index (κ2) is 7.72. The minimum Gasteiger partial charge on any atom is -0.386 e. The van der Waals surface area contributed by atoms with Gasteiger partial charge in [0.25, 0.3) is 0 Å². The zero-order valence-electron chi connectivity index (χ0n) is 12.1. The van der Waals surface area contributed by atoms with Gasteiger partial charge in [-0.25, -0.2) is 4.39 Å². The lowest BCUT2D eigenvalue weighted by Gasteiger charge is -2.20. The highest BCUT2D eigenvalue weighted by Gasteiger charge is 2.18. The van der Waals surface area contributed by atoms with Crippen LogP contribution in [0.4, 0.5) is 4.39 Å². The van der Waals surface area contributed by atoms with Gasteiger partial charge < -0.3 is 10.4 Å². The Morgan fingerprint density at radius 3 is 2.59 bits per heavy atom. The number of carbonyl (C=O) groups excluding carboxylic acids is 1. The molecule has 2 unspecified atom stereocenters. The van der Waals surface area contributed by atoms with E-state index < -0.39 is 12.1 Å². The van der Waals surface area contributed by atoms with Crippen molar-refractivity contribution in [2.45, 2.75) is 31.9 Å². The molecule has 2 rings (SSSR count). The van der Waals surface area contributed by atoms with E-state index in [2.05, 4.69) is 5.32 Å². The van der Waals surface area contributed by atoms with Gasteiger partial charge in [-0.05, 0) is 43.2 Å². The van der Waals surface area contributed by atoms with Gasteiger partial charge >= 0.3 is 0 Å². The lowest BCUT2D eigenvalue weighted by atomic mass is 10.0. The van der Waals surface area contributed by atoms with Crippen molar-refractivity contribution >= 4 is 28.8 Å². The second-order valence-corrected chi connectivity index (χ2v) is 6.86. The van der Waals surface area contributed by atoms with Gasteiger partial charge in [0.2, 0.25) is 5.91 Å². The van der Waals surface area contributed by atoms with Crippen molar-refractivity contribution in [3.05, 3.63) is 57.0 Å². The van der Waals surface area contributed by atoms with Gasteiger partial charge in [-0.2, -0.15) is 0 Å². The number of nitrogens with one attached hydrogen (secondary N) is 1. The van der Waals surface area contributed by atoms with Crippen LogP contribution in [0, 0.1) is 5.82 Å². The van der Waals surface area contributed by atoms with E-state index in [0.29, 0.717) is 22.7 Å². The van der Waals surface area contributed by atoms with E-state index in [9.17, 15) is 14.3 Å². The molecule has 2 N–H and O–H groups in total. The van der Waals surface area contributed by atoms with Gasteiger partial charge in [0.1, 0.15) is 5.82 Å². The molecule has 1 heterocycles. The van der Waals surface area contributed by atoms with Crippen LogP contribution >= 0.6 is 22.9 Å². The maximum atomic E-state index is 12.9. The quantitative estimate of drug-likeness (QED) is 0.841. The predicted molar refractivity (Wildman–Crippen MR) is 86.6 cm³/mol. The third-order valence-electron chi connectivity index (χ3n) is 3.30. The maximum absolute atomic E-state index is 12.9. The summed E-state index contributed by atoms with van der Waals surface area (Å²) in [7, 11) is 0. The molecule has 3 nitrogen and oxygen atoms in total. The number of hydrogen-bond donors (Lipinski definition) is 2. The third kappa shape index (κ3) is 4.80. The molecule has 22 heavy (non-hydrogen) atoms. The van der Waals surface area contributed by atoms with E-state index in [0.717, 1.165) is 4.88 Å². The predicted octanol–water partition coefficient (Wildman–Crippen LogP) is 3.71. The summed E-state index contributed by atoms with van der Waals surface area (Å²) in [5.74, 6) is -0.500. The monoisotopic (exact) mass is 341 g/mol. The average molecular weight is 342 g/mol. The molecular weight excluding hydrogens is 325 g/mol. The topological polar surface area (TPSA) is 49.3 Å². The van der Waals surface area contributed by atoms with E-state index in [1.54, 1.807) is 13.0 Å². The summed E-state index contributed by atoms with van der Waals surface area (Å²) in [5, 5.41) is 12.9. The lowest BCUT2D eigenvalue weighted by Crippen LogP contribution is -2.37. The number of aliphatic hydroxyl groups is 1. The Morgan fingerprint density at radius 1 is 1.32 bits per heavy atom. The number of halogens is 2. The molecule has 1 aromatic heterocycles. The van der Waals surface area contributed by atoms with Crippen LogP contribution < -0.4 is 5.32 Å². The van der Waals surface area contributed by atoms with Crippen molar-refractivity contribution in [3.63, 3.8) is 0 Å². The van der Waals surface area contributed by atoms with Crippen molar-refractivity contribution in [1.82, 2.24) is 5.32 Å². The third-order valence-corrected chi connectivity index (χ3v) is 4.59. The van der Waals surface area contributed by atoms with Crippen LogP contribution in [-0.2, 0) is 11.2 Å². The molecule has 0 saturated heterocycles. The Morgan fingerprint density at radius 2 is 2.00 bits per heavy atom. The second-order valence-electron chi connectivity index (χ2n) is 5.06. The van der Waals surface area contributed by atoms with Gasteiger partial charge in [-0.1, -0.05) is 23.7 Å². The van der Waals surface area contributed by atoms with Crippen molar-refractivity contribution in [2.75, 3.05) is 0 Å². The number of amides is 1. The van der Waals surface area contributed by atoms with Crippen LogP contribution in [0.15, 0.2) is 36.4 Å². The highest BCUT2D eigenvalue weighted by Crippen LogP contribution is 2.22. The number of carbonyl (C=O) groups is 1. The van der Waals surface area contributed by atoms with E-state index >= 15 is 0 Å². The minimum atomic E-state index is -0.874. The fraction of sp³-hybridized carbons (Fsp3) is 0.312. The Labute approximate surface area is 137 Å². The normalized spacial score (nSPS) is 13.6. The van der Waals surface area contributed by atoms with Crippen LogP contribution in [0.3, 0.4) is 0 Å². The van der Waals surface area contributed by atoms with Crippen LogP contribution in [0.5, 0.6) is 0 Å². The van der Waals surface area contributed by atoms with Gasteiger partial charge in [-0.3, -0.25) is 4.79 Å². The summed E-state index contributed by atoms with van der Waals surface area (Å²) < 4.78 is 13.6.